The number of fused-ring (bicyclic) bond motifs is 5. The zero-order valence-corrected chi connectivity index (χ0v) is 14.5. The van der Waals surface area contributed by atoms with Crippen LogP contribution >= 0.6 is 92.8 Å². The Bertz CT molecular complexity index is 447. The summed E-state index contributed by atoms with van der Waals surface area (Å²) in [5.41, 5.74) is 0. The SMILES string of the molecule is ClC1=C[C@@]2(Cl)[C@H]3[C@@H](Cl)[C@H](Cl)[C@H](Cl)[C@H]3[C@]1(Cl)C2(Cl)Cl. The van der Waals surface area contributed by atoms with E-state index < -0.39 is 30.2 Å². The molecule has 0 N–H and O–H groups in total. The number of halogens is 8. The summed E-state index contributed by atoms with van der Waals surface area (Å²) in [5, 5.41) is -1.10. The molecule has 0 saturated heterocycles. The van der Waals surface area contributed by atoms with Gasteiger partial charge in [-0.2, -0.15) is 0 Å². The van der Waals surface area contributed by atoms with Crippen LogP contribution in [0, 0.1) is 11.8 Å². The molecule has 3 rings (SSSR count). The molecule has 2 fully saturated rings. The topological polar surface area (TPSA) is 0 Å². The monoisotopic (exact) mass is 406 g/mol. The Morgan fingerprint density at radius 1 is 0.833 bits per heavy atom. The van der Waals surface area contributed by atoms with Crippen LogP contribution in [0.1, 0.15) is 0 Å². The zero-order valence-electron chi connectivity index (χ0n) is 8.49. The molecule has 0 spiro atoms. The van der Waals surface area contributed by atoms with Crippen LogP contribution in [0.3, 0.4) is 0 Å². The molecule has 0 unspecified atom stereocenters. The van der Waals surface area contributed by atoms with Crippen LogP contribution in [0.25, 0.3) is 0 Å². The highest BCUT2D eigenvalue weighted by Crippen LogP contribution is 2.77. The van der Waals surface area contributed by atoms with Gasteiger partial charge in [0.15, 0.2) is 4.33 Å². The second-order valence-electron chi connectivity index (χ2n) is 4.93. The zero-order chi connectivity index (χ0) is 13.7. The van der Waals surface area contributed by atoms with E-state index in [1.54, 1.807) is 6.08 Å². The first kappa shape index (κ1) is 15.0. The second kappa shape index (κ2) is 4.07. The molecule has 3 aliphatic rings. The normalized spacial score (nSPS) is 60.9. The molecule has 0 aromatic rings. The summed E-state index contributed by atoms with van der Waals surface area (Å²) in [6, 6.07) is 0. The van der Waals surface area contributed by atoms with Crippen LogP contribution in [0.2, 0.25) is 0 Å². The highest BCUT2D eigenvalue weighted by molar-refractivity contribution is 6.63. The van der Waals surface area contributed by atoms with Crippen molar-refractivity contribution in [1.29, 1.82) is 0 Å². The largest absolute Gasteiger partial charge is 0.165 e. The summed E-state index contributed by atoms with van der Waals surface area (Å²) in [4.78, 5) is -2.39. The lowest BCUT2D eigenvalue weighted by molar-refractivity contribution is 0.392. The second-order valence-corrected chi connectivity index (χ2v) is 9.40. The van der Waals surface area contributed by atoms with Gasteiger partial charge in [-0.15, -0.1) is 58.0 Å². The first-order valence-electron chi connectivity index (χ1n) is 5.17. The van der Waals surface area contributed by atoms with E-state index in [0.29, 0.717) is 5.03 Å². The fourth-order valence-electron chi connectivity index (χ4n) is 3.41. The highest BCUT2D eigenvalue weighted by atomic mass is 35.5. The van der Waals surface area contributed by atoms with Gasteiger partial charge < -0.3 is 0 Å². The van der Waals surface area contributed by atoms with Crippen LogP contribution in [0.5, 0.6) is 0 Å². The molecule has 2 bridgehead atoms. The Kier molecular flexibility index (Phi) is 3.39. The molecule has 18 heavy (non-hydrogen) atoms. The van der Waals surface area contributed by atoms with Crippen molar-refractivity contribution in [2.45, 2.75) is 30.2 Å². The molecule has 3 aliphatic carbocycles. The molecule has 8 heteroatoms. The Morgan fingerprint density at radius 2 is 1.33 bits per heavy atom. The van der Waals surface area contributed by atoms with Crippen LogP contribution in [0.15, 0.2) is 11.1 Å². The Hall–Kier alpha value is 2.06. The van der Waals surface area contributed by atoms with Gasteiger partial charge in [-0.25, -0.2) is 0 Å². The molecule has 2 saturated carbocycles. The maximum atomic E-state index is 6.60. The van der Waals surface area contributed by atoms with E-state index in [9.17, 15) is 0 Å². The molecule has 0 heterocycles. The minimum absolute atomic E-state index is 0.311. The van der Waals surface area contributed by atoms with Crippen LogP contribution in [0.4, 0.5) is 0 Å². The number of alkyl halides is 7. The maximum Gasteiger partial charge on any atom is 0.165 e. The predicted molar refractivity (Wildman–Crippen MR) is 81.4 cm³/mol. The van der Waals surface area contributed by atoms with E-state index in [1.165, 1.54) is 0 Å². The van der Waals surface area contributed by atoms with Crippen molar-refractivity contribution < 1.29 is 0 Å². The molecule has 0 amide bonds. The van der Waals surface area contributed by atoms with Gasteiger partial charge in [-0.1, -0.05) is 34.8 Å². The van der Waals surface area contributed by atoms with E-state index in [1.807, 2.05) is 0 Å². The van der Waals surface area contributed by atoms with Crippen molar-refractivity contribution in [1.82, 2.24) is 0 Å². The van der Waals surface area contributed by atoms with Gasteiger partial charge in [0, 0.05) is 16.9 Å². The summed E-state index contributed by atoms with van der Waals surface area (Å²) in [5.74, 6) is -0.684. The summed E-state index contributed by atoms with van der Waals surface area (Å²) in [7, 11) is 0. The quantitative estimate of drug-likeness (QED) is 0.474. The molecular weight excluding hydrogens is 404 g/mol. The average Bonchev–Trinajstić information content (AvgIpc) is 2.63. The summed E-state index contributed by atoms with van der Waals surface area (Å²) in [6.45, 7) is 0. The Balaban J connectivity index is 2.24. The molecule has 0 aromatic carbocycles. The lowest BCUT2D eigenvalue weighted by atomic mass is 9.84. The lowest BCUT2D eigenvalue weighted by Gasteiger charge is -2.35. The van der Waals surface area contributed by atoms with Gasteiger partial charge in [-0.05, 0) is 6.08 Å². The number of allylic oxidation sites excluding steroid dienone is 2. The molecule has 0 radical (unpaired) electrons. The van der Waals surface area contributed by atoms with Crippen LogP contribution in [-0.2, 0) is 0 Å². The van der Waals surface area contributed by atoms with Gasteiger partial charge in [0.2, 0.25) is 0 Å². The third kappa shape index (κ3) is 1.32. The number of rotatable bonds is 0. The van der Waals surface area contributed by atoms with Crippen molar-refractivity contribution >= 4 is 92.8 Å². The predicted octanol–water partition coefficient (Wildman–Crippen LogP) is 5.33. The molecular formula is C10H6Cl8. The average molecular weight is 410 g/mol. The fourth-order valence-corrected chi connectivity index (χ4v) is 7.41. The first-order valence-corrected chi connectivity index (χ1v) is 8.37. The van der Waals surface area contributed by atoms with Crippen molar-refractivity contribution in [3.8, 4) is 0 Å². The van der Waals surface area contributed by atoms with E-state index in [2.05, 4.69) is 0 Å². The third-order valence-electron chi connectivity index (χ3n) is 4.25. The molecule has 102 valence electrons. The summed E-state index contributed by atoms with van der Waals surface area (Å²) >= 11 is 51.0. The summed E-state index contributed by atoms with van der Waals surface area (Å²) in [6.07, 6.45) is 1.58. The minimum atomic E-state index is -1.47. The third-order valence-corrected chi connectivity index (χ3v) is 9.63. The Morgan fingerprint density at radius 3 is 1.89 bits per heavy atom. The van der Waals surface area contributed by atoms with Crippen molar-refractivity contribution in [2.24, 2.45) is 11.8 Å². The smallest absolute Gasteiger partial charge is 0.121 e. The van der Waals surface area contributed by atoms with Gasteiger partial charge in [0.05, 0.1) is 16.1 Å². The van der Waals surface area contributed by atoms with Crippen LogP contribution in [-0.4, -0.2) is 30.2 Å². The van der Waals surface area contributed by atoms with Crippen LogP contribution < -0.4 is 0 Å². The first-order chi connectivity index (χ1) is 8.10. The molecule has 0 aliphatic heterocycles. The van der Waals surface area contributed by atoms with Gasteiger partial charge >= 0.3 is 0 Å². The van der Waals surface area contributed by atoms with E-state index in [-0.39, 0.29) is 11.8 Å². The molecule has 7 atom stereocenters. The van der Waals surface area contributed by atoms with Crippen molar-refractivity contribution in [2.75, 3.05) is 0 Å². The van der Waals surface area contributed by atoms with Gasteiger partial charge in [0.1, 0.15) is 9.75 Å². The van der Waals surface area contributed by atoms with E-state index >= 15 is 0 Å². The standard InChI is InChI=1S/C10H6Cl8/c11-2-1-8(15)3-4(6(13)7(14)5(3)12)9(2,16)10(8,17)18/h1,3-7H/t3-,4+,5-,6-,7+,8-,9+/m1/s1. The highest BCUT2D eigenvalue weighted by Gasteiger charge is 2.83. The van der Waals surface area contributed by atoms with Gasteiger partial charge in [-0.3, -0.25) is 0 Å². The molecule has 0 nitrogen and oxygen atoms in total. The van der Waals surface area contributed by atoms with E-state index in [4.69, 9.17) is 92.8 Å². The van der Waals surface area contributed by atoms with E-state index in [0.717, 1.165) is 0 Å². The number of hydrogen-bond donors (Lipinski definition) is 0. The lowest BCUT2D eigenvalue weighted by Crippen LogP contribution is -2.47. The van der Waals surface area contributed by atoms with Gasteiger partial charge in [0.25, 0.3) is 0 Å². The van der Waals surface area contributed by atoms with Crippen molar-refractivity contribution in [3.63, 3.8) is 0 Å². The maximum absolute atomic E-state index is 6.60. The van der Waals surface area contributed by atoms with Crippen molar-refractivity contribution in [3.05, 3.63) is 11.1 Å². The number of hydrogen-bond acceptors (Lipinski definition) is 0. The Labute approximate surface area is 145 Å². The summed E-state index contributed by atoms with van der Waals surface area (Å²) < 4.78 is -1.47. The minimum Gasteiger partial charge on any atom is -0.121 e. The molecule has 0 aromatic heterocycles. The fraction of sp³-hybridized carbons (Fsp3) is 0.800.